The fourth-order valence-corrected chi connectivity index (χ4v) is 2.84. The molecule has 0 heterocycles. The number of carbonyl (C=O) groups excluding carboxylic acids is 1. The molecule has 1 unspecified atom stereocenters. The van der Waals surface area contributed by atoms with Crippen molar-refractivity contribution >= 4 is 6.09 Å². The first-order chi connectivity index (χ1) is 13.3. The summed E-state index contributed by atoms with van der Waals surface area (Å²) in [5.74, 6) is 5.66. The molecule has 5 heteroatoms. The van der Waals surface area contributed by atoms with E-state index in [1.807, 2.05) is 0 Å². The second kappa shape index (κ2) is 16.7. The minimum atomic E-state index is -1.11. The number of nitrogens with one attached hydrogen (secondary N) is 1. The molecule has 0 saturated carbocycles. The van der Waals surface area contributed by atoms with Crippen molar-refractivity contribution in [3.63, 3.8) is 0 Å². The molecule has 5 nitrogen and oxygen atoms in total. The van der Waals surface area contributed by atoms with Gasteiger partial charge in [0.05, 0.1) is 12.6 Å². The van der Waals surface area contributed by atoms with Crippen molar-refractivity contribution in [1.29, 1.82) is 0 Å². The van der Waals surface area contributed by atoms with E-state index in [1.54, 1.807) is 20.8 Å². The zero-order valence-corrected chi connectivity index (χ0v) is 18.6. The molecule has 0 spiro atoms. The van der Waals surface area contributed by atoms with Crippen LogP contribution in [0.25, 0.3) is 0 Å². The van der Waals surface area contributed by atoms with Gasteiger partial charge in [-0.1, -0.05) is 77.1 Å². The van der Waals surface area contributed by atoms with Crippen LogP contribution in [0.3, 0.4) is 0 Å². The smallest absolute Gasteiger partial charge is 0.408 e. The highest BCUT2D eigenvalue weighted by Gasteiger charge is 2.22. The lowest BCUT2D eigenvalue weighted by molar-refractivity contribution is 0.0413. The number of amides is 1. The third kappa shape index (κ3) is 16.9. The van der Waals surface area contributed by atoms with Gasteiger partial charge in [-0.15, -0.1) is 5.92 Å². The molecule has 164 valence electrons. The summed E-state index contributed by atoms with van der Waals surface area (Å²) in [7, 11) is 0. The molecule has 0 radical (unpaired) electrons. The zero-order chi connectivity index (χ0) is 21.3. The molecule has 0 aliphatic carbocycles. The summed E-state index contributed by atoms with van der Waals surface area (Å²) >= 11 is 0. The number of hydrogen-bond acceptors (Lipinski definition) is 4. The molecule has 0 rings (SSSR count). The Labute approximate surface area is 172 Å². The highest BCUT2D eigenvalue weighted by atomic mass is 16.6. The minimum Gasteiger partial charge on any atom is -0.444 e. The van der Waals surface area contributed by atoms with Crippen LogP contribution in [0, 0.1) is 11.8 Å². The summed E-state index contributed by atoms with van der Waals surface area (Å²) in [6.07, 6.45) is 13.1. The van der Waals surface area contributed by atoms with E-state index < -0.39 is 30.4 Å². The van der Waals surface area contributed by atoms with Crippen molar-refractivity contribution in [3.05, 3.63) is 0 Å². The van der Waals surface area contributed by atoms with Crippen LogP contribution in [0.4, 0.5) is 4.79 Å². The van der Waals surface area contributed by atoms with E-state index in [0.717, 1.165) is 19.3 Å². The number of aliphatic hydroxyl groups is 2. The third-order valence-electron chi connectivity index (χ3n) is 4.44. The zero-order valence-electron chi connectivity index (χ0n) is 18.6. The van der Waals surface area contributed by atoms with Crippen LogP contribution in [-0.2, 0) is 4.74 Å². The van der Waals surface area contributed by atoms with Crippen LogP contribution in [-0.4, -0.2) is 40.7 Å². The van der Waals surface area contributed by atoms with E-state index in [4.69, 9.17) is 4.74 Å². The molecular formula is C23H43NO4. The lowest BCUT2D eigenvalue weighted by Gasteiger charge is -2.23. The summed E-state index contributed by atoms with van der Waals surface area (Å²) in [6.45, 7) is 7.11. The van der Waals surface area contributed by atoms with Crippen LogP contribution in [0.5, 0.6) is 0 Å². The largest absolute Gasteiger partial charge is 0.444 e. The third-order valence-corrected chi connectivity index (χ3v) is 4.44. The summed E-state index contributed by atoms with van der Waals surface area (Å²) < 4.78 is 5.12. The summed E-state index contributed by atoms with van der Waals surface area (Å²) in [4.78, 5) is 11.7. The highest BCUT2D eigenvalue weighted by Crippen LogP contribution is 2.12. The Morgan fingerprint density at radius 2 is 1.46 bits per heavy atom. The number of unbranched alkanes of at least 4 members (excludes halogenated alkanes) is 11. The van der Waals surface area contributed by atoms with Crippen LogP contribution in [0.2, 0.25) is 0 Å². The Bertz CT molecular complexity index is 448. The molecule has 0 aromatic heterocycles. The molecule has 0 saturated heterocycles. The first-order valence-electron chi connectivity index (χ1n) is 11.1. The van der Waals surface area contributed by atoms with Crippen molar-refractivity contribution in [2.75, 3.05) is 6.61 Å². The molecule has 0 aliphatic heterocycles. The van der Waals surface area contributed by atoms with Gasteiger partial charge in [-0.05, 0) is 27.2 Å². The first kappa shape index (κ1) is 26.8. The van der Waals surface area contributed by atoms with Gasteiger partial charge >= 0.3 is 6.09 Å². The molecule has 1 amide bonds. The first-order valence-corrected chi connectivity index (χ1v) is 11.1. The van der Waals surface area contributed by atoms with Crippen LogP contribution in [0.15, 0.2) is 0 Å². The topological polar surface area (TPSA) is 78.8 Å². The second-order valence-corrected chi connectivity index (χ2v) is 8.49. The molecule has 0 fully saturated rings. The fourth-order valence-electron chi connectivity index (χ4n) is 2.84. The SMILES string of the molecule is CCCCCCCCCCCCCC#C[C@@H](O)C(CO)NC(=O)OC(C)(C)C. The Hall–Kier alpha value is -1.25. The molecule has 0 aromatic rings. The van der Waals surface area contributed by atoms with Crippen LogP contribution >= 0.6 is 0 Å². The van der Waals surface area contributed by atoms with Gasteiger partial charge in [0.25, 0.3) is 0 Å². The quantitative estimate of drug-likeness (QED) is 0.287. The van der Waals surface area contributed by atoms with E-state index in [-0.39, 0.29) is 0 Å². The number of hydrogen-bond donors (Lipinski definition) is 3. The van der Waals surface area contributed by atoms with Gasteiger partial charge < -0.3 is 20.3 Å². The predicted octanol–water partition coefficient (Wildman–Crippen LogP) is 4.94. The van der Waals surface area contributed by atoms with E-state index in [1.165, 1.54) is 57.8 Å². The normalized spacial score (nSPS) is 13.4. The standard InChI is InChI=1S/C23H43NO4/c1-5-6-7-8-9-10-11-12-13-14-15-16-17-18-21(26)20(19-25)24-22(27)28-23(2,3)4/h20-21,25-26H,5-16,19H2,1-4H3,(H,24,27)/t20?,21-/m1/s1. The summed E-state index contributed by atoms with van der Waals surface area (Å²) in [6, 6.07) is -0.848. The molecule has 0 aliphatic rings. The second-order valence-electron chi connectivity index (χ2n) is 8.49. The Kier molecular flexibility index (Phi) is 15.9. The van der Waals surface area contributed by atoms with Crippen molar-refractivity contribution in [3.8, 4) is 11.8 Å². The van der Waals surface area contributed by atoms with Crippen molar-refractivity contribution < 1.29 is 19.7 Å². The minimum absolute atomic E-state index is 0.395. The fraction of sp³-hybridized carbons (Fsp3) is 0.870. The van der Waals surface area contributed by atoms with Crippen LogP contribution in [0.1, 0.15) is 105 Å². The highest BCUT2D eigenvalue weighted by molar-refractivity contribution is 5.68. The van der Waals surface area contributed by atoms with Gasteiger partial charge in [-0.25, -0.2) is 4.79 Å². The predicted molar refractivity (Wildman–Crippen MR) is 115 cm³/mol. The summed E-state index contributed by atoms with van der Waals surface area (Å²) in [5.41, 5.74) is -0.629. The van der Waals surface area contributed by atoms with E-state index in [0.29, 0.717) is 0 Å². The lowest BCUT2D eigenvalue weighted by Crippen LogP contribution is -2.47. The van der Waals surface area contributed by atoms with Crippen molar-refractivity contribution in [2.45, 2.75) is 122 Å². The monoisotopic (exact) mass is 397 g/mol. The summed E-state index contributed by atoms with van der Waals surface area (Å²) in [5, 5.41) is 21.8. The molecule has 3 N–H and O–H groups in total. The van der Waals surface area contributed by atoms with Crippen LogP contribution < -0.4 is 5.32 Å². The van der Waals surface area contributed by atoms with E-state index in [9.17, 15) is 15.0 Å². The van der Waals surface area contributed by atoms with Gasteiger partial charge in [0.1, 0.15) is 11.7 Å². The maximum Gasteiger partial charge on any atom is 0.408 e. The van der Waals surface area contributed by atoms with Crippen molar-refractivity contribution in [1.82, 2.24) is 5.32 Å². The average molecular weight is 398 g/mol. The number of alkyl carbamates (subject to hydrolysis) is 1. The Morgan fingerprint density at radius 3 is 1.93 bits per heavy atom. The van der Waals surface area contributed by atoms with Crippen molar-refractivity contribution in [2.24, 2.45) is 0 Å². The lowest BCUT2D eigenvalue weighted by atomic mass is 10.1. The van der Waals surface area contributed by atoms with Gasteiger partial charge in [0.15, 0.2) is 0 Å². The molecular weight excluding hydrogens is 354 g/mol. The Morgan fingerprint density at radius 1 is 0.964 bits per heavy atom. The number of carbonyl (C=O) groups is 1. The number of rotatable bonds is 14. The van der Waals surface area contributed by atoms with Gasteiger partial charge in [0, 0.05) is 6.42 Å². The average Bonchev–Trinajstić information content (AvgIpc) is 2.61. The maximum absolute atomic E-state index is 11.7. The Balaban J connectivity index is 3.79. The van der Waals surface area contributed by atoms with E-state index in [2.05, 4.69) is 24.1 Å². The van der Waals surface area contributed by atoms with Gasteiger partial charge in [-0.3, -0.25) is 0 Å². The van der Waals surface area contributed by atoms with E-state index >= 15 is 0 Å². The number of ether oxygens (including phenoxy) is 1. The number of aliphatic hydroxyl groups excluding tert-OH is 2. The molecule has 28 heavy (non-hydrogen) atoms. The van der Waals surface area contributed by atoms with Gasteiger partial charge in [0.2, 0.25) is 0 Å². The maximum atomic E-state index is 11.7. The van der Waals surface area contributed by atoms with Gasteiger partial charge in [-0.2, -0.15) is 0 Å². The molecule has 0 bridgehead atoms. The molecule has 0 aromatic carbocycles. The molecule has 2 atom stereocenters.